The van der Waals surface area contributed by atoms with E-state index < -0.39 is 23.6 Å². The lowest BCUT2D eigenvalue weighted by molar-refractivity contribution is -0.137. The zero-order valence-corrected chi connectivity index (χ0v) is 23.1. The van der Waals surface area contributed by atoms with Crippen molar-refractivity contribution in [3.8, 4) is 12.3 Å². The summed E-state index contributed by atoms with van der Waals surface area (Å²) in [4.78, 5) is 32.9. The van der Waals surface area contributed by atoms with E-state index in [0.717, 1.165) is 11.1 Å². The molecule has 40 heavy (non-hydrogen) atoms. The number of rotatable bonds is 10. The molecule has 9 heteroatoms. The molecule has 0 saturated heterocycles. The summed E-state index contributed by atoms with van der Waals surface area (Å²) >= 11 is 0. The monoisotopic (exact) mass is 550 g/mol. The highest BCUT2D eigenvalue weighted by Gasteiger charge is 2.43. The summed E-state index contributed by atoms with van der Waals surface area (Å²) in [6.07, 6.45) is 8.01. The lowest BCUT2D eigenvalue weighted by atomic mass is 9.83. The number of alkyl halides is 2. The molecular formula is C31H36F2N4O3. The fourth-order valence-electron chi connectivity index (χ4n) is 5.83. The molecule has 1 aliphatic carbocycles. The molecule has 1 unspecified atom stereocenters. The van der Waals surface area contributed by atoms with Gasteiger partial charge in [0, 0.05) is 5.56 Å². The van der Waals surface area contributed by atoms with E-state index in [1.165, 1.54) is 4.90 Å². The van der Waals surface area contributed by atoms with Crippen molar-refractivity contribution in [3.05, 3.63) is 70.8 Å². The van der Waals surface area contributed by atoms with Crippen LogP contribution < -0.4 is 11.1 Å². The van der Waals surface area contributed by atoms with Crippen LogP contribution in [0.15, 0.2) is 53.5 Å². The third-order valence-electron chi connectivity index (χ3n) is 8.31. The van der Waals surface area contributed by atoms with Crippen LogP contribution in [0.25, 0.3) is 0 Å². The molecule has 2 amide bonds. The normalized spacial score (nSPS) is 22.4. The second kappa shape index (κ2) is 11.8. The molecule has 0 spiro atoms. The van der Waals surface area contributed by atoms with Crippen molar-refractivity contribution >= 4 is 17.8 Å². The Balaban J connectivity index is 1.65. The van der Waals surface area contributed by atoms with E-state index in [-0.39, 0.29) is 43.3 Å². The zero-order chi connectivity index (χ0) is 29.1. The number of terminal acetylenes is 1. The van der Waals surface area contributed by atoms with Crippen LogP contribution in [0.4, 0.5) is 8.78 Å². The Hall–Kier alpha value is -3.77. The predicted molar refractivity (Wildman–Crippen MR) is 149 cm³/mol. The number of amides is 2. The number of guanidine groups is 1. The van der Waals surface area contributed by atoms with E-state index in [2.05, 4.69) is 21.0 Å². The summed E-state index contributed by atoms with van der Waals surface area (Å²) in [5, 5.41) is 3.11. The zero-order valence-electron chi connectivity index (χ0n) is 23.1. The Labute approximate surface area is 234 Å². The van der Waals surface area contributed by atoms with Crippen molar-refractivity contribution in [2.24, 2.45) is 16.1 Å². The van der Waals surface area contributed by atoms with Crippen LogP contribution >= 0.6 is 0 Å². The van der Waals surface area contributed by atoms with E-state index in [0.29, 0.717) is 30.4 Å². The van der Waals surface area contributed by atoms with Gasteiger partial charge in [-0.15, -0.1) is 6.42 Å². The number of ether oxygens (including phenoxy) is 1. The van der Waals surface area contributed by atoms with E-state index >= 15 is 0 Å². The number of nitrogens with two attached hydrogens (primary N) is 1. The standard InChI is InChI=1S/C31H36F2N4O3/c1-5-30(4)18-22-11-8-9-14-23(22)26(30)35-27(39)21-13-10-12-20(17-21)24(15-16-40-28(32)33)37-25(38)19-31(6-2,7-3)36-29(37)34/h1,8-14,17,24,26,28H,6-7,15-16,18-19H2,2-4H3,(H2,34,36)(H,35,39)/t24?,26-,30-/m1/s1. The second-order valence-electron chi connectivity index (χ2n) is 10.7. The van der Waals surface area contributed by atoms with Gasteiger partial charge in [-0.2, -0.15) is 8.78 Å². The van der Waals surface area contributed by atoms with Crippen molar-refractivity contribution in [2.75, 3.05) is 6.61 Å². The number of fused-ring (bicyclic) bond motifs is 1. The van der Waals surface area contributed by atoms with Gasteiger partial charge in [-0.25, -0.2) is 4.99 Å². The van der Waals surface area contributed by atoms with Crippen LogP contribution in [0.2, 0.25) is 0 Å². The highest BCUT2D eigenvalue weighted by Crippen LogP contribution is 2.45. The molecule has 0 radical (unpaired) electrons. The van der Waals surface area contributed by atoms with Gasteiger partial charge in [0.05, 0.1) is 36.1 Å². The molecule has 4 rings (SSSR count). The Morgan fingerprint density at radius 3 is 2.60 bits per heavy atom. The molecule has 0 bridgehead atoms. The fourth-order valence-corrected chi connectivity index (χ4v) is 5.83. The van der Waals surface area contributed by atoms with E-state index in [1.54, 1.807) is 24.3 Å². The molecule has 1 heterocycles. The molecule has 212 valence electrons. The van der Waals surface area contributed by atoms with Gasteiger partial charge in [-0.3, -0.25) is 14.5 Å². The van der Waals surface area contributed by atoms with Crippen LogP contribution in [0.3, 0.4) is 0 Å². The van der Waals surface area contributed by atoms with Crippen molar-refractivity contribution in [3.63, 3.8) is 0 Å². The maximum absolute atomic E-state index is 13.5. The number of nitrogens with one attached hydrogen (secondary N) is 1. The fraction of sp³-hybridized carbons (Fsp3) is 0.452. The molecule has 1 aliphatic heterocycles. The Morgan fingerprint density at radius 2 is 1.95 bits per heavy atom. The molecule has 0 saturated carbocycles. The van der Waals surface area contributed by atoms with Gasteiger partial charge in [-0.1, -0.05) is 56.2 Å². The molecule has 2 aliphatic rings. The van der Waals surface area contributed by atoms with Gasteiger partial charge < -0.3 is 15.8 Å². The number of carbonyl (C=O) groups excluding carboxylic acids is 2. The number of benzene rings is 2. The number of hydrogen-bond donors (Lipinski definition) is 2. The van der Waals surface area contributed by atoms with Crippen LogP contribution in [-0.4, -0.2) is 41.4 Å². The highest BCUT2D eigenvalue weighted by atomic mass is 19.3. The second-order valence-corrected chi connectivity index (χ2v) is 10.7. The molecule has 2 aromatic carbocycles. The minimum Gasteiger partial charge on any atom is -0.369 e. The first-order valence-electron chi connectivity index (χ1n) is 13.6. The molecular weight excluding hydrogens is 514 g/mol. The van der Waals surface area contributed by atoms with Crippen LogP contribution in [-0.2, 0) is 16.0 Å². The Morgan fingerprint density at radius 1 is 1.23 bits per heavy atom. The first kappa shape index (κ1) is 29.2. The van der Waals surface area contributed by atoms with Crippen LogP contribution in [0.1, 0.15) is 85.6 Å². The topological polar surface area (TPSA) is 97.0 Å². The van der Waals surface area contributed by atoms with Gasteiger partial charge in [0.2, 0.25) is 5.91 Å². The molecule has 7 nitrogen and oxygen atoms in total. The molecule has 0 aromatic heterocycles. The minimum atomic E-state index is -2.95. The molecule has 3 atom stereocenters. The molecule has 2 aromatic rings. The third kappa shape index (κ3) is 5.73. The first-order chi connectivity index (χ1) is 19.1. The van der Waals surface area contributed by atoms with E-state index in [4.69, 9.17) is 12.2 Å². The number of carbonyl (C=O) groups is 2. The average molecular weight is 551 g/mol. The summed E-state index contributed by atoms with van der Waals surface area (Å²) in [7, 11) is 0. The van der Waals surface area contributed by atoms with Crippen LogP contribution in [0, 0.1) is 17.8 Å². The van der Waals surface area contributed by atoms with Crippen molar-refractivity contribution < 1.29 is 23.1 Å². The summed E-state index contributed by atoms with van der Waals surface area (Å²) in [6, 6.07) is 13.4. The van der Waals surface area contributed by atoms with Crippen molar-refractivity contribution in [2.45, 2.75) is 77.1 Å². The third-order valence-corrected chi connectivity index (χ3v) is 8.31. The number of nitrogens with zero attached hydrogens (tertiary/aromatic N) is 2. The number of hydrogen-bond acceptors (Lipinski definition) is 5. The SMILES string of the molecule is C#C[C@]1(C)Cc2ccccc2[C@H]1NC(=O)c1cccc(C(CCOC(F)F)N2C(=O)CC(CC)(CC)N=C2N)c1. The van der Waals surface area contributed by atoms with Crippen molar-refractivity contribution in [1.29, 1.82) is 0 Å². The maximum Gasteiger partial charge on any atom is 0.345 e. The van der Waals surface area contributed by atoms with Gasteiger partial charge in [0.1, 0.15) is 0 Å². The lowest BCUT2D eigenvalue weighted by Crippen LogP contribution is -2.52. The summed E-state index contributed by atoms with van der Waals surface area (Å²) in [5.74, 6) is 2.31. The maximum atomic E-state index is 13.5. The highest BCUT2D eigenvalue weighted by molar-refractivity contribution is 6.00. The Bertz CT molecular complexity index is 1330. The quantitative estimate of drug-likeness (QED) is 0.401. The van der Waals surface area contributed by atoms with Gasteiger partial charge in [0.25, 0.3) is 5.91 Å². The minimum absolute atomic E-state index is 0.0317. The number of halogens is 2. The summed E-state index contributed by atoms with van der Waals surface area (Å²) in [6.45, 7) is 2.58. The summed E-state index contributed by atoms with van der Waals surface area (Å²) in [5.41, 5.74) is 8.12. The molecule has 3 N–H and O–H groups in total. The summed E-state index contributed by atoms with van der Waals surface area (Å²) < 4.78 is 30.2. The van der Waals surface area contributed by atoms with Crippen LogP contribution in [0.5, 0.6) is 0 Å². The van der Waals surface area contributed by atoms with E-state index in [9.17, 15) is 18.4 Å². The van der Waals surface area contributed by atoms with Gasteiger partial charge in [0.15, 0.2) is 5.96 Å². The first-order valence-corrected chi connectivity index (χ1v) is 13.6. The predicted octanol–water partition coefficient (Wildman–Crippen LogP) is 5.13. The van der Waals surface area contributed by atoms with E-state index in [1.807, 2.05) is 45.0 Å². The van der Waals surface area contributed by atoms with Crippen molar-refractivity contribution in [1.82, 2.24) is 10.2 Å². The Kier molecular flexibility index (Phi) is 8.59. The van der Waals surface area contributed by atoms with Gasteiger partial charge in [-0.05, 0) is 61.4 Å². The number of aliphatic imine (C=N–C) groups is 1. The van der Waals surface area contributed by atoms with Gasteiger partial charge >= 0.3 is 6.61 Å². The lowest BCUT2D eigenvalue weighted by Gasteiger charge is -2.40. The smallest absolute Gasteiger partial charge is 0.345 e. The molecule has 0 fully saturated rings. The average Bonchev–Trinajstić information content (AvgIpc) is 3.23. The largest absolute Gasteiger partial charge is 0.369 e.